The van der Waals surface area contributed by atoms with Crippen LogP contribution in [-0.2, 0) is 0 Å². The molecule has 0 heterocycles. The molecule has 0 bridgehead atoms. The average molecular weight is 262 g/mol. The molecule has 0 atom stereocenters. The predicted octanol–water partition coefficient (Wildman–Crippen LogP) is 4.51. The number of carboxylic acid groups (broad SMARTS) is 1. The van der Waals surface area contributed by atoms with E-state index in [1.54, 1.807) is 0 Å². The van der Waals surface area contributed by atoms with E-state index in [1.807, 2.05) is 67.6 Å². The Bertz CT molecular complexity index is 798. The second-order valence-corrected chi connectivity index (χ2v) is 4.83. The summed E-state index contributed by atoms with van der Waals surface area (Å²) in [6.45, 7) is 1.83. The molecule has 3 aromatic carbocycles. The first-order valence-electron chi connectivity index (χ1n) is 6.49. The predicted molar refractivity (Wildman–Crippen MR) is 81.1 cm³/mol. The first kappa shape index (κ1) is 12.4. The van der Waals surface area contributed by atoms with Crippen LogP contribution >= 0.6 is 0 Å². The smallest absolute Gasteiger partial charge is 0.336 e. The standard InChI is InChI=1S/C18H14O2/c1-12-6-4-11-16(17(12)18(19)20)15-10-5-8-13-7-2-3-9-14(13)15/h2-11H,1H3,(H,19,20). The van der Waals surface area contributed by atoms with Crippen LogP contribution in [0.5, 0.6) is 0 Å². The molecule has 98 valence electrons. The number of hydrogen-bond donors (Lipinski definition) is 1. The van der Waals surface area contributed by atoms with Crippen molar-refractivity contribution in [1.29, 1.82) is 0 Å². The Kier molecular flexibility index (Phi) is 2.99. The summed E-state index contributed by atoms with van der Waals surface area (Å²) >= 11 is 0. The van der Waals surface area contributed by atoms with E-state index in [0.29, 0.717) is 5.56 Å². The van der Waals surface area contributed by atoms with E-state index in [2.05, 4.69) is 0 Å². The Balaban J connectivity index is 2.37. The van der Waals surface area contributed by atoms with Gasteiger partial charge in [-0.05, 0) is 34.4 Å². The fraction of sp³-hybridized carbons (Fsp3) is 0.0556. The van der Waals surface area contributed by atoms with Crippen LogP contribution in [0.4, 0.5) is 0 Å². The van der Waals surface area contributed by atoms with Gasteiger partial charge in [-0.15, -0.1) is 0 Å². The maximum atomic E-state index is 11.6. The van der Waals surface area contributed by atoms with Gasteiger partial charge in [0.15, 0.2) is 0 Å². The minimum absolute atomic E-state index is 0.379. The Hall–Kier alpha value is -2.61. The lowest BCUT2D eigenvalue weighted by Crippen LogP contribution is -2.02. The highest BCUT2D eigenvalue weighted by atomic mass is 16.4. The zero-order chi connectivity index (χ0) is 14.1. The zero-order valence-electron chi connectivity index (χ0n) is 11.1. The van der Waals surface area contributed by atoms with Gasteiger partial charge in [-0.1, -0.05) is 60.7 Å². The van der Waals surface area contributed by atoms with E-state index in [0.717, 1.165) is 27.5 Å². The Morgan fingerprint density at radius 2 is 1.50 bits per heavy atom. The van der Waals surface area contributed by atoms with Crippen molar-refractivity contribution in [2.24, 2.45) is 0 Å². The van der Waals surface area contributed by atoms with Crippen molar-refractivity contribution in [2.75, 3.05) is 0 Å². The highest BCUT2D eigenvalue weighted by molar-refractivity contribution is 6.04. The molecule has 2 heteroatoms. The largest absolute Gasteiger partial charge is 0.478 e. The molecular formula is C18H14O2. The molecule has 0 fully saturated rings. The molecule has 0 saturated heterocycles. The molecule has 0 saturated carbocycles. The molecule has 2 nitrogen and oxygen atoms in total. The van der Waals surface area contributed by atoms with Crippen molar-refractivity contribution in [1.82, 2.24) is 0 Å². The molecule has 0 aliphatic heterocycles. The summed E-state index contributed by atoms with van der Waals surface area (Å²) in [5.41, 5.74) is 2.89. The summed E-state index contributed by atoms with van der Waals surface area (Å²) < 4.78 is 0. The number of aryl methyl sites for hydroxylation is 1. The summed E-state index contributed by atoms with van der Waals surface area (Å²) in [6.07, 6.45) is 0. The van der Waals surface area contributed by atoms with Crippen molar-refractivity contribution in [3.8, 4) is 11.1 Å². The second kappa shape index (κ2) is 4.82. The lowest BCUT2D eigenvalue weighted by Gasteiger charge is -2.11. The number of fused-ring (bicyclic) bond motifs is 1. The van der Waals surface area contributed by atoms with Gasteiger partial charge in [0, 0.05) is 0 Å². The molecular weight excluding hydrogens is 248 g/mol. The Labute approximate surface area is 117 Å². The van der Waals surface area contributed by atoms with Gasteiger partial charge in [-0.2, -0.15) is 0 Å². The van der Waals surface area contributed by atoms with Gasteiger partial charge in [0.25, 0.3) is 0 Å². The molecule has 0 aliphatic rings. The highest BCUT2D eigenvalue weighted by Gasteiger charge is 2.15. The number of carbonyl (C=O) groups is 1. The van der Waals surface area contributed by atoms with Crippen molar-refractivity contribution < 1.29 is 9.90 Å². The third kappa shape index (κ3) is 1.95. The summed E-state index contributed by atoms with van der Waals surface area (Å²) in [5, 5.41) is 11.7. The van der Waals surface area contributed by atoms with Gasteiger partial charge >= 0.3 is 5.97 Å². The molecule has 0 spiro atoms. The number of benzene rings is 3. The SMILES string of the molecule is Cc1cccc(-c2cccc3ccccc23)c1C(=O)O. The van der Waals surface area contributed by atoms with Gasteiger partial charge < -0.3 is 5.11 Å². The zero-order valence-corrected chi connectivity index (χ0v) is 11.1. The van der Waals surface area contributed by atoms with Crippen molar-refractivity contribution in [3.05, 3.63) is 71.8 Å². The summed E-state index contributed by atoms with van der Waals surface area (Å²) in [6, 6.07) is 19.6. The monoisotopic (exact) mass is 262 g/mol. The van der Waals surface area contributed by atoms with Crippen LogP contribution in [0.25, 0.3) is 21.9 Å². The maximum Gasteiger partial charge on any atom is 0.336 e. The van der Waals surface area contributed by atoms with E-state index >= 15 is 0 Å². The second-order valence-electron chi connectivity index (χ2n) is 4.83. The van der Waals surface area contributed by atoms with Crippen LogP contribution in [0.1, 0.15) is 15.9 Å². The van der Waals surface area contributed by atoms with Crippen LogP contribution in [0, 0.1) is 6.92 Å². The van der Waals surface area contributed by atoms with Crippen LogP contribution < -0.4 is 0 Å². The average Bonchev–Trinajstić information content (AvgIpc) is 2.46. The molecule has 0 aromatic heterocycles. The molecule has 0 aliphatic carbocycles. The summed E-state index contributed by atoms with van der Waals surface area (Å²) in [4.78, 5) is 11.6. The van der Waals surface area contributed by atoms with E-state index in [4.69, 9.17) is 0 Å². The molecule has 20 heavy (non-hydrogen) atoms. The first-order valence-corrected chi connectivity index (χ1v) is 6.49. The van der Waals surface area contributed by atoms with Gasteiger partial charge in [0.2, 0.25) is 0 Å². The fourth-order valence-electron chi connectivity index (χ4n) is 2.64. The molecule has 1 N–H and O–H groups in total. The van der Waals surface area contributed by atoms with Gasteiger partial charge in [-0.3, -0.25) is 0 Å². The molecule has 3 aromatic rings. The fourth-order valence-corrected chi connectivity index (χ4v) is 2.64. The topological polar surface area (TPSA) is 37.3 Å². The summed E-state index contributed by atoms with van der Waals surface area (Å²) in [7, 11) is 0. The third-order valence-electron chi connectivity index (χ3n) is 3.57. The molecule has 0 amide bonds. The summed E-state index contributed by atoms with van der Waals surface area (Å²) in [5.74, 6) is -0.883. The lowest BCUT2D eigenvalue weighted by atomic mass is 9.92. The molecule has 3 rings (SSSR count). The number of carboxylic acids is 1. The number of rotatable bonds is 2. The van der Waals surface area contributed by atoms with Crippen LogP contribution in [-0.4, -0.2) is 11.1 Å². The van der Waals surface area contributed by atoms with Gasteiger partial charge in [-0.25, -0.2) is 4.79 Å². The highest BCUT2D eigenvalue weighted by Crippen LogP contribution is 2.32. The van der Waals surface area contributed by atoms with E-state index in [9.17, 15) is 9.90 Å². The Morgan fingerprint density at radius 1 is 0.850 bits per heavy atom. The minimum Gasteiger partial charge on any atom is -0.478 e. The van der Waals surface area contributed by atoms with Crippen LogP contribution in [0.2, 0.25) is 0 Å². The third-order valence-corrected chi connectivity index (χ3v) is 3.57. The van der Waals surface area contributed by atoms with Crippen molar-refractivity contribution in [3.63, 3.8) is 0 Å². The minimum atomic E-state index is -0.883. The maximum absolute atomic E-state index is 11.6. The molecule has 0 unspecified atom stereocenters. The normalized spacial score (nSPS) is 10.7. The molecule has 0 radical (unpaired) electrons. The number of hydrogen-bond acceptors (Lipinski definition) is 1. The lowest BCUT2D eigenvalue weighted by molar-refractivity contribution is 0.0697. The quantitative estimate of drug-likeness (QED) is 0.737. The van der Waals surface area contributed by atoms with Crippen molar-refractivity contribution in [2.45, 2.75) is 6.92 Å². The van der Waals surface area contributed by atoms with Gasteiger partial charge in [0.05, 0.1) is 5.56 Å². The van der Waals surface area contributed by atoms with Crippen LogP contribution in [0.3, 0.4) is 0 Å². The van der Waals surface area contributed by atoms with E-state index < -0.39 is 5.97 Å². The first-order chi connectivity index (χ1) is 9.68. The van der Waals surface area contributed by atoms with Crippen LogP contribution in [0.15, 0.2) is 60.7 Å². The number of aromatic carboxylic acids is 1. The van der Waals surface area contributed by atoms with Crippen molar-refractivity contribution >= 4 is 16.7 Å². The van der Waals surface area contributed by atoms with E-state index in [1.165, 1.54) is 0 Å². The van der Waals surface area contributed by atoms with Gasteiger partial charge in [0.1, 0.15) is 0 Å². The Morgan fingerprint density at radius 3 is 2.30 bits per heavy atom. The van der Waals surface area contributed by atoms with E-state index in [-0.39, 0.29) is 0 Å².